The third-order valence-electron chi connectivity index (χ3n) is 6.77. The number of nitrogens with zero attached hydrogens (tertiary/aromatic N) is 8. The first-order chi connectivity index (χ1) is 16.7. The van der Waals surface area contributed by atoms with Gasteiger partial charge in [0.2, 0.25) is 5.88 Å². The maximum atomic E-state index is 10.8. The van der Waals surface area contributed by atoms with Crippen LogP contribution in [0.5, 0.6) is 5.88 Å². The Morgan fingerprint density at radius 3 is 2.50 bits per heavy atom. The third-order valence-corrected chi connectivity index (χ3v) is 6.77. The summed E-state index contributed by atoms with van der Waals surface area (Å²) in [5.74, 6) is 1.93. The van der Waals surface area contributed by atoms with Gasteiger partial charge in [0.15, 0.2) is 11.5 Å². The lowest BCUT2D eigenvalue weighted by Gasteiger charge is -2.29. The number of pyridine rings is 1. The number of morpholine rings is 1. The maximum absolute atomic E-state index is 10.8. The van der Waals surface area contributed by atoms with Gasteiger partial charge in [-0.15, -0.1) is 0 Å². The highest BCUT2D eigenvalue weighted by Gasteiger charge is 2.24. The average molecular weight is 461 g/mol. The van der Waals surface area contributed by atoms with E-state index in [9.17, 15) is 5.11 Å². The number of anilines is 1. The van der Waals surface area contributed by atoms with Crippen molar-refractivity contribution in [1.29, 1.82) is 0 Å². The summed E-state index contributed by atoms with van der Waals surface area (Å²) < 4.78 is 8.98. The highest BCUT2D eigenvalue weighted by atomic mass is 16.5. The van der Waals surface area contributed by atoms with Crippen molar-refractivity contribution in [2.45, 2.75) is 18.8 Å². The molecule has 4 aromatic rings. The largest absolute Gasteiger partial charge is 0.493 e. The molecule has 2 aliphatic rings. The molecule has 0 amide bonds. The lowest BCUT2D eigenvalue weighted by atomic mass is 9.94. The molecule has 0 spiro atoms. The molecule has 10 heteroatoms. The van der Waals surface area contributed by atoms with Crippen LogP contribution in [0.4, 0.5) is 5.82 Å². The molecule has 0 aliphatic carbocycles. The lowest BCUT2D eigenvalue weighted by molar-refractivity contribution is 0.122. The second-order valence-electron chi connectivity index (χ2n) is 9.02. The number of hydrogen-bond donors (Lipinski definition) is 1. The van der Waals surface area contributed by atoms with Crippen LogP contribution in [0.2, 0.25) is 0 Å². The average Bonchev–Trinajstić information content (AvgIpc) is 3.49. The van der Waals surface area contributed by atoms with Crippen LogP contribution >= 0.6 is 0 Å². The minimum absolute atomic E-state index is 0.104. The van der Waals surface area contributed by atoms with Crippen LogP contribution in [0.15, 0.2) is 42.7 Å². The number of aromatic hydroxyl groups is 1. The van der Waals surface area contributed by atoms with Crippen molar-refractivity contribution < 1.29 is 9.84 Å². The molecule has 0 radical (unpaired) electrons. The van der Waals surface area contributed by atoms with Crippen LogP contribution in [-0.4, -0.2) is 85.8 Å². The normalized spacial score (nSPS) is 18.1. The quantitative estimate of drug-likeness (QED) is 0.496. The molecule has 4 aromatic heterocycles. The highest BCUT2D eigenvalue weighted by Crippen LogP contribution is 2.31. The van der Waals surface area contributed by atoms with Gasteiger partial charge in [-0.25, -0.2) is 4.98 Å². The molecule has 0 saturated carbocycles. The van der Waals surface area contributed by atoms with Gasteiger partial charge in [0, 0.05) is 55.2 Å². The summed E-state index contributed by atoms with van der Waals surface area (Å²) in [7, 11) is 2.14. The van der Waals surface area contributed by atoms with E-state index in [1.54, 1.807) is 23.1 Å². The Hall–Kier alpha value is -3.50. The molecule has 0 unspecified atom stereocenters. The van der Waals surface area contributed by atoms with E-state index in [0.717, 1.165) is 61.8 Å². The van der Waals surface area contributed by atoms with Crippen molar-refractivity contribution in [1.82, 2.24) is 34.3 Å². The monoisotopic (exact) mass is 460 g/mol. The summed E-state index contributed by atoms with van der Waals surface area (Å²) in [6, 6.07) is 9.57. The predicted octanol–water partition coefficient (Wildman–Crippen LogP) is 2.33. The number of hydrogen-bond acceptors (Lipinski definition) is 8. The van der Waals surface area contributed by atoms with Crippen molar-refractivity contribution in [2.75, 3.05) is 51.3 Å². The van der Waals surface area contributed by atoms with E-state index in [1.807, 2.05) is 28.8 Å². The molecule has 34 heavy (non-hydrogen) atoms. The fourth-order valence-corrected chi connectivity index (χ4v) is 4.80. The van der Waals surface area contributed by atoms with Gasteiger partial charge >= 0.3 is 0 Å². The molecule has 0 aromatic carbocycles. The number of aromatic nitrogens is 6. The minimum atomic E-state index is 0.104. The molecule has 10 nitrogen and oxygen atoms in total. The number of rotatable bonds is 4. The molecular formula is C24H28N8O2. The number of fused-ring (bicyclic) bond motifs is 1. The molecule has 0 bridgehead atoms. The van der Waals surface area contributed by atoms with Gasteiger partial charge in [0.1, 0.15) is 5.82 Å². The van der Waals surface area contributed by atoms with Gasteiger partial charge in [-0.3, -0.25) is 4.98 Å². The molecular weight excluding hydrogens is 432 g/mol. The first-order valence-electron chi connectivity index (χ1n) is 11.8. The van der Waals surface area contributed by atoms with Crippen molar-refractivity contribution in [3.63, 3.8) is 0 Å². The van der Waals surface area contributed by atoms with Gasteiger partial charge in [0.25, 0.3) is 0 Å². The zero-order valence-corrected chi connectivity index (χ0v) is 19.2. The highest BCUT2D eigenvalue weighted by molar-refractivity contribution is 5.66. The van der Waals surface area contributed by atoms with Gasteiger partial charge in [-0.1, -0.05) is 0 Å². The summed E-state index contributed by atoms with van der Waals surface area (Å²) in [6.45, 7) is 4.91. The third kappa shape index (κ3) is 3.88. The van der Waals surface area contributed by atoms with Gasteiger partial charge in [-0.05, 0) is 45.1 Å². The molecule has 176 valence electrons. The molecule has 1 N–H and O–H groups in total. The second-order valence-corrected chi connectivity index (χ2v) is 9.02. The van der Waals surface area contributed by atoms with Crippen molar-refractivity contribution in [2.24, 2.45) is 0 Å². The Bertz CT molecular complexity index is 1290. The summed E-state index contributed by atoms with van der Waals surface area (Å²) in [4.78, 5) is 13.5. The number of piperidine rings is 1. The fourth-order valence-electron chi connectivity index (χ4n) is 4.80. The SMILES string of the molecule is CN1CCC(c2cc(O)n(-c3cc(N4CCOCC4)n4nc(-c5ccncc5)cc4n3)n2)CC1. The first kappa shape index (κ1) is 21.1. The minimum Gasteiger partial charge on any atom is -0.493 e. The molecule has 6 rings (SSSR count). The standard InChI is InChI=1S/C24H28N8O2/c1-29-8-4-18(5-9-29)20-15-24(33)32(28-20)22-16-23(30-10-12-34-13-11-30)31-21(26-22)14-19(27-31)17-2-6-25-7-3-17/h2-3,6-7,14-16,18,33H,4-5,8-13H2,1H3. The Morgan fingerprint density at radius 1 is 0.971 bits per heavy atom. The first-order valence-corrected chi connectivity index (χ1v) is 11.8. The summed E-state index contributed by atoms with van der Waals surface area (Å²) in [5, 5.41) is 20.5. The van der Waals surface area contributed by atoms with Crippen LogP contribution < -0.4 is 4.90 Å². The molecule has 2 aliphatic heterocycles. The topological polar surface area (TPSA) is 96.8 Å². The number of ether oxygens (including phenoxy) is 1. The van der Waals surface area contributed by atoms with Gasteiger partial charge in [0.05, 0.1) is 24.6 Å². The van der Waals surface area contributed by atoms with E-state index in [0.29, 0.717) is 30.6 Å². The fraction of sp³-hybridized carbons (Fsp3) is 0.417. The lowest BCUT2D eigenvalue weighted by Crippen LogP contribution is -2.37. The Kier molecular flexibility index (Phi) is 5.39. The van der Waals surface area contributed by atoms with Crippen LogP contribution in [0.3, 0.4) is 0 Å². The Balaban J connectivity index is 1.44. The maximum Gasteiger partial charge on any atom is 0.215 e. The smallest absolute Gasteiger partial charge is 0.215 e. The van der Waals surface area contributed by atoms with Crippen molar-refractivity contribution in [3.8, 4) is 23.0 Å². The van der Waals surface area contributed by atoms with Crippen molar-refractivity contribution >= 4 is 11.5 Å². The van der Waals surface area contributed by atoms with Crippen LogP contribution in [0.25, 0.3) is 22.7 Å². The zero-order chi connectivity index (χ0) is 23.1. The van der Waals surface area contributed by atoms with Crippen molar-refractivity contribution in [3.05, 3.63) is 48.4 Å². The number of likely N-dealkylation sites (tertiary alicyclic amines) is 1. The Labute approximate surface area is 197 Å². The van der Waals surface area contributed by atoms with Gasteiger partial charge < -0.3 is 19.6 Å². The van der Waals surface area contributed by atoms with E-state index in [4.69, 9.17) is 19.9 Å². The molecule has 6 heterocycles. The van der Waals surface area contributed by atoms with Crippen LogP contribution in [-0.2, 0) is 4.74 Å². The van der Waals surface area contributed by atoms with E-state index in [2.05, 4.69) is 21.8 Å². The Morgan fingerprint density at radius 2 is 1.74 bits per heavy atom. The summed E-state index contributed by atoms with van der Waals surface area (Å²) >= 11 is 0. The van der Waals surface area contributed by atoms with E-state index in [1.165, 1.54) is 0 Å². The zero-order valence-electron chi connectivity index (χ0n) is 19.2. The molecule has 2 fully saturated rings. The van der Waals surface area contributed by atoms with Crippen LogP contribution in [0.1, 0.15) is 24.5 Å². The molecule has 0 atom stereocenters. The summed E-state index contributed by atoms with van der Waals surface area (Å²) in [6.07, 6.45) is 5.59. The van der Waals surface area contributed by atoms with Crippen LogP contribution in [0, 0.1) is 0 Å². The molecule has 2 saturated heterocycles. The summed E-state index contributed by atoms with van der Waals surface area (Å²) in [5.41, 5.74) is 3.41. The van der Waals surface area contributed by atoms with E-state index in [-0.39, 0.29) is 5.88 Å². The predicted molar refractivity (Wildman–Crippen MR) is 128 cm³/mol. The van der Waals surface area contributed by atoms with E-state index >= 15 is 0 Å². The van der Waals surface area contributed by atoms with Gasteiger partial charge in [-0.2, -0.15) is 19.4 Å². The van der Waals surface area contributed by atoms with E-state index < -0.39 is 0 Å². The second kappa shape index (κ2) is 8.69.